The number of nitrogens with one attached hydrogen (secondary N) is 1. The van der Waals surface area contributed by atoms with Gasteiger partial charge in [0, 0.05) is 23.6 Å². The predicted octanol–water partition coefficient (Wildman–Crippen LogP) is 3.23. The fourth-order valence-corrected chi connectivity index (χ4v) is 4.24. The molecule has 2 heterocycles. The molecule has 3 aromatic rings. The summed E-state index contributed by atoms with van der Waals surface area (Å²) in [6.45, 7) is 1.64. The number of carbonyl (C=O) groups is 1. The van der Waals surface area contributed by atoms with Gasteiger partial charge in [-0.3, -0.25) is 9.59 Å². The quantitative estimate of drug-likeness (QED) is 0.570. The van der Waals surface area contributed by atoms with Crippen LogP contribution in [0.15, 0.2) is 39.6 Å². The molecule has 152 valence electrons. The van der Waals surface area contributed by atoms with Crippen LogP contribution >= 0.6 is 23.1 Å². The number of carbonyl (C=O) groups excluding carboxylic acids is 1. The maximum absolute atomic E-state index is 13.8. The van der Waals surface area contributed by atoms with Crippen LogP contribution in [0.4, 0.5) is 14.5 Å². The standard InChI is InChI=1S/C18H16F2N4O3S2/c1-10-22-23-18(29-10)28-9-12-6-15(25)16(27-2)7-24(12)8-17(26)21-14-4-3-11(19)5-13(14)20/h3-7H,8-9H2,1-2H3,(H,21,26). The number of ether oxygens (including phenoxy) is 1. The number of aryl methyl sites for hydroxylation is 1. The van der Waals surface area contributed by atoms with Crippen molar-refractivity contribution in [2.45, 2.75) is 23.6 Å². The van der Waals surface area contributed by atoms with Crippen LogP contribution in [-0.2, 0) is 17.1 Å². The van der Waals surface area contributed by atoms with Gasteiger partial charge in [0.1, 0.15) is 23.2 Å². The van der Waals surface area contributed by atoms with E-state index in [9.17, 15) is 18.4 Å². The first-order chi connectivity index (χ1) is 13.9. The number of thioether (sulfide) groups is 1. The summed E-state index contributed by atoms with van der Waals surface area (Å²) >= 11 is 2.80. The van der Waals surface area contributed by atoms with E-state index >= 15 is 0 Å². The van der Waals surface area contributed by atoms with Crippen molar-refractivity contribution >= 4 is 34.7 Å². The Bertz CT molecular complexity index is 1100. The van der Waals surface area contributed by atoms with Crippen LogP contribution in [0, 0.1) is 18.6 Å². The largest absolute Gasteiger partial charge is 0.491 e. The number of anilines is 1. The molecule has 0 radical (unpaired) electrons. The van der Waals surface area contributed by atoms with Crippen molar-refractivity contribution in [2.75, 3.05) is 12.4 Å². The highest BCUT2D eigenvalue weighted by Gasteiger charge is 2.14. The Morgan fingerprint density at radius 1 is 1.31 bits per heavy atom. The third-order valence-electron chi connectivity index (χ3n) is 3.77. The zero-order valence-electron chi connectivity index (χ0n) is 15.4. The molecule has 0 atom stereocenters. The van der Waals surface area contributed by atoms with Gasteiger partial charge in [-0.1, -0.05) is 23.1 Å². The molecule has 1 N–H and O–H groups in total. The zero-order valence-corrected chi connectivity index (χ0v) is 17.1. The van der Waals surface area contributed by atoms with Gasteiger partial charge in [-0.2, -0.15) is 0 Å². The average molecular weight is 438 g/mol. The van der Waals surface area contributed by atoms with Crippen molar-refractivity contribution in [3.8, 4) is 5.75 Å². The molecule has 0 aliphatic rings. The van der Waals surface area contributed by atoms with E-state index in [4.69, 9.17) is 4.74 Å². The Labute approximate surface area is 172 Å². The molecule has 11 heteroatoms. The molecular formula is C18H16F2N4O3S2. The molecule has 0 fully saturated rings. The van der Waals surface area contributed by atoms with Crippen LogP contribution in [0.2, 0.25) is 0 Å². The van der Waals surface area contributed by atoms with Crippen LogP contribution < -0.4 is 15.5 Å². The van der Waals surface area contributed by atoms with E-state index in [0.29, 0.717) is 17.5 Å². The first-order valence-electron chi connectivity index (χ1n) is 8.31. The molecule has 0 saturated heterocycles. The van der Waals surface area contributed by atoms with E-state index in [0.717, 1.165) is 21.5 Å². The molecule has 0 aliphatic heterocycles. The lowest BCUT2D eigenvalue weighted by atomic mass is 10.3. The number of benzene rings is 1. The molecule has 0 bridgehead atoms. The highest BCUT2D eigenvalue weighted by Crippen LogP contribution is 2.26. The van der Waals surface area contributed by atoms with Crippen LogP contribution in [0.3, 0.4) is 0 Å². The molecule has 7 nitrogen and oxygen atoms in total. The van der Waals surface area contributed by atoms with Crippen molar-refractivity contribution in [3.05, 3.63) is 63.0 Å². The molecule has 0 spiro atoms. The van der Waals surface area contributed by atoms with Crippen molar-refractivity contribution in [1.29, 1.82) is 0 Å². The summed E-state index contributed by atoms with van der Waals surface area (Å²) in [6.07, 6.45) is 1.42. The van der Waals surface area contributed by atoms with Gasteiger partial charge in [0.05, 0.1) is 19.0 Å². The van der Waals surface area contributed by atoms with E-state index < -0.39 is 17.5 Å². The normalized spacial score (nSPS) is 10.8. The van der Waals surface area contributed by atoms with Crippen LogP contribution in [0.1, 0.15) is 10.7 Å². The number of rotatable bonds is 7. The second-order valence-electron chi connectivity index (χ2n) is 5.87. The van der Waals surface area contributed by atoms with Gasteiger partial charge >= 0.3 is 0 Å². The number of amides is 1. The maximum Gasteiger partial charge on any atom is 0.244 e. The van der Waals surface area contributed by atoms with Crippen LogP contribution in [0.25, 0.3) is 0 Å². The number of nitrogens with zero attached hydrogens (tertiary/aromatic N) is 3. The number of pyridine rings is 1. The summed E-state index contributed by atoms with van der Waals surface area (Å²) in [5, 5.41) is 11.2. The fraction of sp³-hybridized carbons (Fsp3) is 0.222. The molecular weight excluding hydrogens is 422 g/mol. The summed E-state index contributed by atoms with van der Waals surface area (Å²) in [7, 11) is 1.35. The third kappa shape index (κ3) is 5.39. The van der Waals surface area contributed by atoms with Gasteiger partial charge in [-0.05, 0) is 19.1 Å². The first-order valence-corrected chi connectivity index (χ1v) is 10.1. The fourth-order valence-electron chi connectivity index (χ4n) is 2.43. The van der Waals surface area contributed by atoms with Crippen molar-refractivity contribution in [2.24, 2.45) is 0 Å². The van der Waals surface area contributed by atoms with Gasteiger partial charge in [0.25, 0.3) is 0 Å². The molecule has 1 aromatic carbocycles. The van der Waals surface area contributed by atoms with Gasteiger partial charge in [-0.15, -0.1) is 10.2 Å². The number of aromatic nitrogens is 3. The van der Waals surface area contributed by atoms with E-state index in [-0.39, 0.29) is 23.4 Å². The summed E-state index contributed by atoms with van der Waals surface area (Å²) in [5.74, 6) is -1.72. The smallest absolute Gasteiger partial charge is 0.244 e. The molecule has 2 aromatic heterocycles. The molecule has 3 rings (SSSR count). The molecule has 0 unspecified atom stereocenters. The summed E-state index contributed by atoms with van der Waals surface area (Å²) in [4.78, 5) is 24.5. The van der Waals surface area contributed by atoms with E-state index in [1.807, 2.05) is 6.92 Å². The highest BCUT2D eigenvalue weighted by atomic mass is 32.2. The number of halogens is 2. The van der Waals surface area contributed by atoms with Crippen molar-refractivity contribution in [1.82, 2.24) is 14.8 Å². The molecule has 1 amide bonds. The third-order valence-corrected chi connectivity index (χ3v) is 5.78. The van der Waals surface area contributed by atoms with E-state index in [1.54, 1.807) is 0 Å². The Morgan fingerprint density at radius 2 is 2.10 bits per heavy atom. The zero-order chi connectivity index (χ0) is 21.0. The first kappa shape index (κ1) is 20.9. The second kappa shape index (κ2) is 9.14. The second-order valence-corrected chi connectivity index (χ2v) is 8.28. The Balaban J connectivity index is 1.80. The lowest BCUT2D eigenvalue weighted by Crippen LogP contribution is -2.23. The summed E-state index contributed by atoms with van der Waals surface area (Å²) < 4.78 is 34.1. The van der Waals surface area contributed by atoms with Crippen LogP contribution in [0.5, 0.6) is 5.75 Å². The highest BCUT2D eigenvalue weighted by molar-refractivity contribution is 8.00. The Morgan fingerprint density at radius 3 is 2.76 bits per heavy atom. The minimum atomic E-state index is -0.877. The average Bonchev–Trinajstić information content (AvgIpc) is 3.09. The van der Waals surface area contributed by atoms with Gasteiger partial charge < -0.3 is 14.6 Å². The van der Waals surface area contributed by atoms with E-state index in [2.05, 4.69) is 15.5 Å². The Hall–Kier alpha value is -2.79. The Kier molecular flexibility index (Phi) is 6.60. The van der Waals surface area contributed by atoms with Crippen LogP contribution in [-0.4, -0.2) is 27.8 Å². The minimum absolute atomic E-state index is 0.0753. The SMILES string of the molecule is COc1cn(CC(=O)Nc2ccc(F)cc2F)c(CSc2nnc(C)s2)cc1=O. The topological polar surface area (TPSA) is 86.1 Å². The molecule has 29 heavy (non-hydrogen) atoms. The van der Waals surface area contributed by atoms with Crippen molar-refractivity contribution in [3.63, 3.8) is 0 Å². The van der Waals surface area contributed by atoms with Crippen molar-refractivity contribution < 1.29 is 18.3 Å². The van der Waals surface area contributed by atoms with Gasteiger partial charge in [0.15, 0.2) is 10.1 Å². The predicted molar refractivity (Wildman–Crippen MR) is 106 cm³/mol. The van der Waals surface area contributed by atoms with E-state index in [1.165, 1.54) is 47.0 Å². The summed E-state index contributed by atoms with van der Waals surface area (Å²) in [5.41, 5.74) is 0.103. The number of methoxy groups -OCH3 is 1. The molecule has 0 aliphatic carbocycles. The minimum Gasteiger partial charge on any atom is -0.491 e. The van der Waals surface area contributed by atoms with Gasteiger partial charge in [-0.25, -0.2) is 8.78 Å². The van der Waals surface area contributed by atoms with Gasteiger partial charge in [0.2, 0.25) is 11.3 Å². The number of hydrogen-bond donors (Lipinski definition) is 1. The molecule has 0 saturated carbocycles. The number of hydrogen-bond acceptors (Lipinski definition) is 7. The lowest BCUT2D eigenvalue weighted by molar-refractivity contribution is -0.116. The summed E-state index contributed by atoms with van der Waals surface area (Å²) in [6, 6.07) is 4.26. The lowest BCUT2D eigenvalue weighted by Gasteiger charge is -2.14. The monoisotopic (exact) mass is 438 g/mol. The maximum atomic E-state index is 13.8.